The Morgan fingerprint density at radius 2 is 2.04 bits per heavy atom. The maximum absolute atomic E-state index is 12.1. The molecule has 0 unspecified atom stereocenters. The van der Waals surface area contributed by atoms with Crippen molar-refractivity contribution in [3.8, 4) is 10.7 Å². The van der Waals surface area contributed by atoms with Gasteiger partial charge in [0.1, 0.15) is 16.3 Å². The van der Waals surface area contributed by atoms with Crippen LogP contribution in [-0.4, -0.2) is 26.9 Å². The number of rotatable bonds is 4. The topological polar surface area (TPSA) is 104 Å². The third kappa shape index (κ3) is 2.61. The second kappa shape index (κ2) is 6.27. The zero-order chi connectivity index (χ0) is 18.4. The molecule has 0 radical (unpaired) electrons. The molecule has 3 aromatic heterocycles. The fourth-order valence-electron chi connectivity index (χ4n) is 2.75. The van der Waals surface area contributed by atoms with Crippen LogP contribution in [0.1, 0.15) is 17.4 Å². The van der Waals surface area contributed by atoms with Crippen molar-refractivity contribution in [2.75, 3.05) is 5.32 Å². The van der Waals surface area contributed by atoms with Crippen LogP contribution in [0.15, 0.2) is 28.8 Å². The van der Waals surface area contributed by atoms with Gasteiger partial charge in [-0.3, -0.25) is 14.9 Å². The van der Waals surface area contributed by atoms with E-state index in [9.17, 15) is 14.7 Å². The summed E-state index contributed by atoms with van der Waals surface area (Å²) in [7, 11) is 0. The maximum atomic E-state index is 12.1. The zero-order valence-electron chi connectivity index (χ0n) is 13.9. The van der Waals surface area contributed by atoms with Crippen molar-refractivity contribution < 1.29 is 14.7 Å². The number of thiophene rings is 2. The predicted molar refractivity (Wildman–Crippen MR) is 101 cm³/mol. The largest absolute Gasteiger partial charge is 0.391 e. The Balaban J connectivity index is 1.93. The Bertz CT molecular complexity index is 1080. The van der Waals surface area contributed by atoms with Gasteiger partial charge < -0.3 is 10.4 Å². The zero-order valence-corrected chi connectivity index (χ0v) is 15.5. The molecule has 0 saturated carbocycles. The van der Waals surface area contributed by atoms with Crippen molar-refractivity contribution >= 4 is 50.5 Å². The van der Waals surface area contributed by atoms with E-state index in [1.54, 1.807) is 6.92 Å². The number of nitrogens with one attached hydrogen (secondary N) is 2. The molecule has 132 valence electrons. The predicted octanol–water partition coefficient (Wildman–Crippen LogP) is 2.56. The van der Waals surface area contributed by atoms with Gasteiger partial charge in [-0.1, -0.05) is 6.07 Å². The van der Waals surface area contributed by atoms with Crippen molar-refractivity contribution in [1.82, 2.24) is 15.3 Å². The summed E-state index contributed by atoms with van der Waals surface area (Å²) in [6.07, 6.45) is 0. The summed E-state index contributed by atoms with van der Waals surface area (Å²) in [4.78, 5) is 35.4. The molecule has 2 amide bonds. The number of hydrogen-bond acceptors (Lipinski definition) is 8. The fraction of sp³-hybridized carbons (Fsp3) is 0.176. The molecular formula is C17H14N4O3S2. The summed E-state index contributed by atoms with van der Waals surface area (Å²) >= 11 is 2.90. The quantitative estimate of drug-likeness (QED) is 0.596. The lowest BCUT2D eigenvalue weighted by Gasteiger charge is -2.09. The van der Waals surface area contributed by atoms with E-state index in [0.29, 0.717) is 17.2 Å². The van der Waals surface area contributed by atoms with Crippen molar-refractivity contribution in [3.05, 3.63) is 39.2 Å². The van der Waals surface area contributed by atoms with Crippen LogP contribution in [0, 0.1) is 6.92 Å². The maximum Gasteiger partial charge on any atom is 0.275 e. The highest BCUT2D eigenvalue weighted by Gasteiger charge is 2.28. The summed E-state index contributed by atoms with van der Waals surface area (Å²) in [6.45, 7) is 3.37. The molecule has 0 bridgehead atoms. The summed E-state index contributed by atoms with van der Waals surface area (Å²) in [6, 6.07) is 3.83. The van der Waals surface area contributed by atoms with Gasteiger partial charge in [0.15, 0.2) is 5.82 Å². The van der Waals surface area contributed by atoms with Crippen molar-refractivity contribution in [2.24, 2.45) is 0 Å². The molecule has 0 atom stereocenters. The second-order valence-electron chi connectivity index (χ2n) is 5.77. The van der Waals surface area contributed by atoms with E-state index in [2.05, 4.69) is 20.6 Å². The first-order valence-electron chi connectivity index (χ1n) is 7.78. The van der Waals surface area contributed by atoms with Gasteiger partial charge in [0, 0.05) is 10.5 Å². The normalized spacial score (nSPS) is 14.4. The second-order valence-corrected chi connectivity index (χ2v) is 7.80. The molecule has 1 aliphatic rings. The third-order valence-corrected chi connectivity index (χ3v) is 6.22. The fourth-order valence-corrected chi connectivity index (χ4v) is 4.45. The highest BCUT2D eigenvalue weighted by atomic mass is 32.1. The van der Waals surface area contributed by atoms with Crippen LogP contribution >= 0.6 is 22.7 Å². The van der Waals surface area contributed by atoms with E-state index < -0.39 is 11.8 Å². The number of anilines is 1. The summed E-state index contributed by atoms with van der Waals surface area (Å²) in [5.74, 6) is 0.0846. The molecule has 7 nitrogen and oxygen atoms in total. The Morgan fingerprint density at radius 1 is 1.23 bits per heavy atom. The Morgan fingerprint density at radius 3 is 2.65 bits per heavy atom. The van der Waals surface area contributed by atoms with Crippen LogP contribution in [0.25, 0.3) is 20.9 Å². The van der Waals surface area contributed by atoms with E-state index in [1.807, 2.05) is 24.4 Å². The number of imide groups is 1. The first kappa shape index (κ1) is 16.8. The molecule has 9 heteroatoms. The van der Waals surface area contributed by atoms with Gasteiger partial charge in [-0.25, -0.2) is 9.97 Å². The Kier molecular flexibility index (Phi) is 4.06. The van der Waals surface area contributed by atoms with Crippen LogP contribution in [0.2, 0.25) is 0 Å². The Labute approximate surface area is 156 Å². The van der Waals surface area contributed by atoms with Crippen molar-refractivity contribution in [1.29, 1.82) is 0 Å². The number of carbonyl (C=O) groups is 2. The number of aliphatic hydroxyl groups excluding tert-OH is 1. The van der Waals surface area contributed by atoms with E-state index >= 15 is 0 Å². The van der Waals surface area contributed by atoms with E-state index in [1.165, 1.54) is 22.7 Å². The molecule has 0 saturated heterocycles. The molecular weight excluding hydrogens is 372 g/mol. The lowest BCUT2D eigenvalue weighted by Crippen LogP contribution is -2.24. The van der Waals surface area contributed by atoms with Gasteiger partial charge in [0.25, 0.3) is 11.8 Å². The van der Waals surface area contributed by atoms with Crippen LogP contribution in [0.3, 0.4) is 0 Å². The number of fused-ring (bicyclic) bond motifs is 1. The van der Waals surface area contributed by atoms with Gasteiger partial charge in [0.2, 0.25) is 0 Å². The van der Waals surface area contributed by atoms with E-state index in [-0.39, 0.29) is 12.3 Å². The first-order valence-corrected chi connectivity index (χ1v) is 9.47. The minimum absolute atomic E-state index is 0.0959. The van der Waals surface area contributed by atoms with Crippen LogP contribution < -0.4 is 10.6 Å². The molecule has 26 heavy (non-hydrogen) atoms. The first-order chi connectivity index (χ1) is 12.5. The standard InChI is InChI=1S/C17H14N4O3S2/c1-7-10(6-22)26-17-11(7)14(18-12-8(2)15(23)21-16(12)24)19-13(20-17)9-4-3-5-25-9/h3-5,22H,6H2,1-2H3,(H2,18,19,20,21,23,24). The van der Waals surface area contributed by atoms with E-state index in [4.69, 9.17) is 0 Å². The Hall–Kier alpha value is -2.62. The van der Waals surface area contributed by atoms with E-state index in [0.717, 1.165) is 25.5 Å². The number of aromatic nitrogens is 2. The molecule has 3 N–H and O–H groups in total. The molecule has 0 aromatic carbocycles. The minimum Gasteiger partial charge on any atom is -0.391 e. The number of aryl methyl sites for hydroxylation is 1. The number of hydrogen-bond donors (Lipinski definition) is 3. The van der Waals surface area contributed by atoms with Crippen molar-refractivity contribution in [2.45, 2.75) is 20.5 Å². The molecule has 1 aliphatic heterocycles. The summed E-state index contributed by atoms with van der Waals surface area (Å²) < 4.78 is 0. The highest BCUT2D eigenvalue weighted by Crippen LogP contribution is 2.37. The van der Waals surface area contributed by atoms with Crippen LogP contribution in [0.4, 0.5) is 5.82 Å². The lowest BCUT2D eigenvalue weighted by atomic mass is 10.2. The molecule has 4 heterocycles. The summed E-state index contributed by atoms with van der Waals surface area (Å²) in [5, 5.41) is 17.6. The van der Waals surface area contributed by atoms with Gasteiger partial charge in [-0.15, -0.1) is 22.7 Å². The van der Waals surface area contributed by atoms with Gasteiger partial charge in [0.05, 0.1) is 16.9 Å². The average Bonchev–Trinajstić information content (AvgIpc) is 3.31. The molecule has 4 rings (SSSR count). The number of aliphatic hydroxyl groups is 1. The van der Waals surface area contributed by atoms with Gasteiger partial charge in [-0.05, 0) is 30.9 Å². The number of nitrogens with zero attached hydrogens (tertiary/aromatic N) is 2. The van der Waals surface area contributed by atoms with Gasteiger partial charge in [-0.2, -0.15) is 0 Å². The van der Waals surface area contributed by atoms with Crippen LogP contribution in [0.5, 0.6) is 0 Å². The average molecular weight is 386 g/mol. The lowest BCUT2D eigenvalue weighted by molar-refractivity contribution is -0.124. The molecule has 0 aliphatic carbocycles. The number of amides is 2. The van der Waals surface area contributed by atoms with Crippen molar-refractivity contribution in [3.63, 3.8) is 0 Å². The third-order valence-electron chi connectivity index (χ3n) is 4.19. The molecule has 3 aromatic rings. The minimum atomic E-state index is -0.479. The molecule has 0 spiro atoms. The summed E-state index contributed by atoms with van der Waals surface area (Å²) in [5.41, 5.74) is 1.36. The highest BCUT2D eigenvalue weighted by molar-refractivity contribution is 7.19. The monoisotopic (exact) mass is 386 g/mol. The molecule has 0 fully saturated rings. The SMILES string of the molecule is CC1=C(Nc2nc(-c3cccs3)nc3sc(CO)c(C)c23)C(=O)NC1=O. The number of carbonyl (C=O) groups excluding carboxylic acids is 2. The van der Waals surface area contributed by atoms with Crippen LogP contribution in [-0.2, 0) is 16.2 Å². The van der Waals surface area contributed by atoms with Gasteiger partial charge >= 0.3 is 0 Å². The smallest absolute Gasteiger partial charge is 0.275 e.